The molecular weight excluding hydrogens is 354 g/mol. The molecule has 0 amide bonds. The van der Waals surface area contributed by atoms with E-state index in [4.69, 9.17) is 0 Å². The Morgan fingerprint density at radius 2 is 1.41 bits per heavy atom. The minimum absolute atomic E-state index is 0.231. The van der Waals surface area contributed by atoms with Gasteiger partial charge in [-0.3, -0.25) is 0 Å². The van der Waals surface area contributed by atoms with E-state index in [0.29, 0.717) is 4.90 Å². The van der Waals surface area contributed by atoms with E-state index in [0.717, 1.165) is 22.3 Å². The third kappa shape index (κ3) is 3.22. The lowest BCUT2D eigenvalue weighted by Crippen LogP contribution is -2.15. The fourth-order valence-electron chi connectivity index (χ4n) is 3.49. The molecule has 0 aromatic heterocycles. The molecule has 3 aromatic rings. The fraction of sp³-hybridized carbons (Fsp3) is 0.130. The first-order valence-corrected chi connectivity index (χ1v) is 10.3. The zero-order valence-electron chi connectivity index (χ0n) is 15.1. The average molecular weight is 375 g/mol. The Kier molecular flexibility index (Phi) is 4.46. The van der Waals surface area contributed by atoms with Crippen LogP contribution in [0.3, 0.4) is 0 Å². The minimum atomic E-state index is -3.61. The second-order valence-corrected chi connectivity index (χ2v) is 8.68. The van der Waals surface area contributed by atoms with Crippen molar-refractivity contribution in [3.63, 3.8) is 0 Å². The van der Waals surface area contributed by atoms with Crippen molar-refractivity contribution in [3.05, 3.63) is 108 Å². The van der Waals surface area contributed by atoms with Crippen LogP contribution in [-0.2, 0) is 10.0 Å². The number of hydrogen-bond donors (Lipinski definition) is 0. The van der Waals surface area contributed by atoms with Gasteiger partial charge in [-0.1, -0.05) is 84.9 Å². The van der Waals surface area contributed by atoms with Gasteiger partial charge >= 0.3 is 0 Å². The van der Waals surface area contributed by atoms with E-state index < -0.39 is 10.0 Å². The van der Waals surface area contributed by atoms with Crippen LogP contribution in [0, 0.1) is 6.92 Å². The molecule has 1 unspecified atom stereocenters. The molecule has 4 rings (SSSR count). The molecule has 1 aliphatic rings. The Balaban J connectivity index is 1.75. The van der Waals surface area contributed by atoms with Crippen LogP contribution in [0.1, 0.15) is 22.7 Å². The molecule has 3 nitrogen and oxygen atoms in total. The molecule has 1 fully saturated rings. The lowest BCUT2D eigenvalue weighted by Gasteiger charge is -2.09. The molecule has 0 radical (unpaired) electrons. The van der Waals surface area contributed by atoms with Crippen LogP contribution in [0.25, 0.3) is 5.57 Å². The molecule has 0 bridgehead atoms. The second kappa shape index (κ2) is 6.80. The van der Waals surface area contributed by atoms with E-state index in [1.807, 2.05) is 79.7 Å². The SMILES string of the molecule is C=C(c1ccccc1)[C@H]1[C@H](c2ccccc2)N1S(=O)(=O)c1ccc(C)cc1. The van der Waals surface area contributed by atoms with Crippen molar-refractivity contribution in [2.24, 2.45) is 0 Å². The van der Waals surface area contributed by atoms with Gasteiger partial charge < -0.3 is 0 Å². The maximum absolute atomic E-state index is 13.3. The summed E-state index contributed by atoms with van der Waals surface area (Å²) in [5.74, 6) is 0. The number of hydrogen-bond acceptors (Lipinski definition) is 2. The van der Waals surface area contributed by atoms with Crippen molar-refractivity contribution >= 4 is 15.6 Å². The van der Waals surface area contributed by atoms with E-state index >= 15 is 0 Å². The van der Waals surface area contributed by atoms with Gasteiger partial charge in [0, 0.05) is 0 Å². The fourth-order valence-corrected chi connectivity index (χ4v) is 5.24. The van der Waals surface area contributed by atoms with Crippen LogP contribution in [0.2, 0.25) is 0 Å². The summed E-state index contributed by atoms with van der Waals surface area (Å²) in [5, 5.41) is 0. The molecule has 136 valence electrons. The molecule has 3 aromatic carbocycles. The van der Waals surface area contributed by atoms with E-state index in [2.05, 4.69) is 6.58 Å². The first-order chi connectivity index (χ1) is 13.0. The maximum atomic E-state index is 13.3. The van der Waals surface area contributed by atoms with Crippen LogP contribution >= 0.6 is 0 Å². The summed E-state index contributed by atoms with van der Waals surface area (Å²) in [7, 11) is -3.61. The predicted molar refractivity (Wildman–Crippen MR) is 109 cm³/mol. The van der Waals surface area contributed by atoms with E-state index in [1.165, 1.54) is 0 Å². The van der Waals surface area contributed by atoms with E-state index in [-0.39, 0.29) is 12.1 Å². The molecule has 0 spiro atoms. The van der Waals surface area contributed by atoms with Crippen molar-refractivity contribution in [1.82, 2.24) is 4.31 Å². The van der Waals surface area contributed by atoms with Gasteiger partial charge in [0.1, 0.15) is 0 Å². The maximum Gasteiger partial charge on any atom is 0.244 e. The van der Waals surface area contributed by atoms with Gasteiger partial charge in [-0.25, -0.2) is 8.42 Å². The molecule has 0 aliphatic carbocycles. The highest BCUT2D eigenvalue weighted by Gasteiger charge is 2.57. The lowest BCUT2D eigenvalue weighted by atomic mass is 10.00. The third-order valence-electron chi connectivity index (χ3n) is 5.00. The van der Waals surface area contributed by atoms with Gasteiger partial charge in [0.15, 0.2) is 0 Å². The van der Waals surface area contributed by atoms with Crippen molar-refractivity contribution in [2.45, 2.75) is 23.9 Å². The highest BCUT2D eigenvalue weighted by molar-refractivity contribution is 7.89. The van der Waals surface area contributed by atoms with E-state index in [1.54, 1.807) is 16.4 Å². The Morgan fingerprint density at radius 1 is 0.852 bits per heavy atom. The first-order valence-electron chi connectivity index (χ1n) is 8.89. The first kappa shape index (κ1) is 17.7. The quantitative estimate of drug-likeness (QED) is 0.600. The smallest absolute Gasteiger partial charge is 0.207 e. The van der Waals surface area contributed by atoms with Gasteiger partial charge in [0.25, 0.3) is 0 Å². The van der Waals surface area contributed by atoms with Crippen LogP contribution in [0.4, 0.5) is 0 Å². The summed E-state index contributed by atoms with van der Waals surface area (Å²) in [5.41, 5.74) is 3.80. The third-order valence-corrected chi connectivity index (χ3v) is 6.87. The van der Waals surface area contributed by atoms with Gasteiger partial charge in [0.05, 0.1) is 17.0 Å². The number of benzene rings is 3. The van der Waals surface area contributed by atoms with Crippen LogP contribution in [0.15, 0.2) is 96.4 Å². The molecule has 1 saturated heterocycles. The van der Waals surface area contributed by atoms with Crippen molar-refractivity contribution in [3.8, 4) is 0 Å². The topological polar surface area (TPSA) is 37.1 Å². The molecule has 3 atom stereocenters. The predicted octanol–water partition coefficient (Wildman–Crippen LogP) is 4.82. The minimum Gasteiger partial charge on any atom is -0.207 e. The summed E-state index contributed by atoms with van der Waals surface area (Å²) < 4.78 is 28.2. The molecular formula is C23H21NO2S. The summed E-state index contributed by atoms with van der Waals surface area (Å²) in [6.07, 6.45) is 0. The van der Waals surface area contributed by atoms with Gasteiger partial charge in [-0.05, 0) is 35.8 Å². The molecule has 27 heavy (non-hydrogen) atoms. The van der Waals surface area contributed by atoms with E-state index in [9.17, 15) is 8.42 Å². The van der Waals surface area contributed by atoms with Crippen molar-refractivity contribution in [2.75, 3.05) is 0 Å². The van der Waals surface area contributed by atoms with Crippen LogP contribution < -0.4 is 0 Å². The lowest BCUT2D eigenvalue weighted by molar-refractivity contribution is 0.551. The molecule has 4 heteroatoms. The van der Waals surface area contributed by atoms with Gasteiger partial charge in [0.2, 0.25) is 10.0 Å². The number of rotatable bonds is 5. The average Bonchev–Trinajstić information content (AvgIpc) is 3.46. The monoisotopic (exact) mass is 375 g/mol. The number of aryl methyl sites for hydroxylation is 1. The molecule has 1 heterocycles. The van der Waals surface area contributed by atoms with Gasteiger partial charge in [-0.2, -0.15) is 4.31 Å². The second-order valence-electron chi connectivity index (χ2n) is 6.84. The normalized spacial score (nSPS) is 21.6. The number of sulfonamides is 1. The molecule has 0 saturated carbocycles. The summed E-state index contributed by atoms with van der Waals surface area (Å²) in [6.45, 7) is 6.17. The summed E-state index contributed by atoms with van der Waals surface area (Å²) in [4.78, 5) is 0.317. The zero-order chi connectivity index (χ0) is 19.0. The van der Waals surface area contributed by atoms with Crippen LogP contribution in [-0.4, -0.2) is 18.8 Å². The van der Waals surface area contributed by atoms with Gasteiger partial charge in [-0.15, -0.1) is 0 Å². The Hall–Kier alpha value is -2.69. The standard InChI is InChI=1S/C23H21NO2S/c1-17-13-15-21(16-14-17)27(25,26)24-22(18(2)19-9-5-3-6-10-19)23(24)20-11-7-4-8-12-20/h3-16,22-23H,2H2,1H3/t22-,23-,24?/m0/s1. The Bertz CT molecular complexity index is 1060. The molecule has 0 N–H and O–H groups in total. The van der Waals surface area contributed by atoms with Crippen molar-refractivity contribution in [1.29, 1.82) is 0 Å². The number of nitrogens with zero attached hydrogens (tertiary/aromatic N) is 1. The van der Waals surface area contributed by atoms with Crippen molar-refractivity contribution < 1.29 is 8.42 Å². The Labute approximate surface area is 160 Å². The summed E-state index contributed by atoms with van der Waals surface area (Å²) >= 11 is 0. The van der Waals surface area contributed by atoms with Crippen LogP contribution in [0.5, 0.6) is 0 Å². The largest absolute Gasteiger partial charge is 0.244 e. The summed E-state index contributed by atoms with van der Waals surface area (Å²) in [6, 6.07) is 26.0. The highest BCUT2D eigenvalue weighted by atomic mass is 32.2. The Morgan fingerprint density at radius 3 is 2.00 bits per heavy atom. The zero-order valence-corrected chi connectivity index (χ0v) is 15.9. The molecule has 1 aliphatic heterocycles. The highest BCUT2D eigenvalue weighted by Crippen LogP contribution is 2.52.